The van der Waals surface area contributed by atoms with Crippen LogP contribution in [0.1, 0.15) is 29.5 Å². The van der Waals surface area contributed by atoms with Gasteiger partial charge < -0.3 is 9.80 Å². The maximum absolute atomic E-state index is 8.87. The van der Waals surface area contributed by atoms with Crippen molar-refractivity contribution in [3.63, 3.8) is 0 Å². The van der Waals surface area contributed by atoms with Gasteiger partial charge in [-0.3, -0.25) is 0 Å². The van der Waals surface area contributed by atoms with Crippen molar-refractivity contribution in [1.29, 1.82) is 5.26 Å². The van der Waals surface area contributed by atoms with Crippen LogP contribution in [-0.4, -0.2) is 43.0 Å². The molecule has 0 radical (unpaired) electrons. The molecule has 0 bridgehead atoms. The number of aryl methyl sites for hydroxylation is 1. The molecule has 1 fully saturated rings. The maximum atomic E-state index is 8.87. The van der Waals surface area contributed by atoms with Crippen LogP contribution in [0.25, 0.3) is 0 Å². The zero-order valence-corrected chi connectivity index (χ0v) is 12.0. The summed E-state index contributed by atoms with van der Waals surface area (Å²) < 4.78 is 0. The second-order valence-corrected chi connectivity index (χ2v) is 5.54. The summed E-state index contributed by atoms with van der Waals surface area (Å²) in [6.07, 6.45) is 2.72. The minimum Gasteiger partial charge on any atom is -0.302 e. The normalized spacial score (nSPS) is 15.9. The van der Waals surface area contributed by atoms with E-state index in [4.69, 9.17) is 5.26 Å². The largest absolute Gasteiger partial charge is 0.302 e. The maximum Gasteiger partial charge on any atom is 0.0991 e. The zero-order valence-electron chi connectivity index (χ0n) is 12.0. The van der Waals surface area contributed by atoms with Crippen molar-refractivity contribution in [1.82, 2.24) is 9.80 Å². The van der Waals surface area contributed by atoms with Crippen LogP contribution in [0.5, 0.6) is 0 Å². The molecule has 0 aliphatic carbocycles. The molecule has 19 heavy (non-hydrogen) atoms. The average molecular weight is 257 g/mol. The summed E-state index contributed by atoms with van der Waals surface area (Å²) in [6, 6.07) is 8.16. The molecule has 1 aromatic rings. The summed E-state index contributed by atoms with van der Waals surface area (Å²) in [7, 11) is 2.17. The number of hydrogen-bond donors (Lipinski definition) is 0. The van der Waals surface area contributed by atoms with Gasteiger partial charge in [-0.25, -0.2) is 0 Å². The average Bonchev–Trinajstić information content (AvgIpc) is 2.92. The van der Waals surface area contributed by atoms with Gasteiger partial charge in [-0.15, -0.1) is 0 Å². The lowest BCUT2D eigenvalue weighted by atomic mass is 10.1. The molecule has 0 N–H and O–H groups in total. The van der Waals surface area contributed by atoms with Gasteiger partial charge in [0.25, 0.3) is 0 Å². The molecular formula is C16H23N3. The van der Waals surface area contributed by atoms with Crippen molar-refractivity contribution in [3.8, 4) is 6.07 Å². The van der Waals surface area contributed by atoms with Crippen LogP contribution in [0.2, 0.25) is 0 Å². The Morgan fingerprint density at radius 2 is 2.05 bits per heavy atom. The first-order valence-electron chi connectivity index (χ1n) is 7.09. The molecule has 3 nitrogen and oxygen atoms in total. The van der Waals surface area contributed by atoms with Gasteiger partial charge in [0.05, 0.1) is 11.6 Å². The van der Waals surface area contributed by atoms with Gasteiger partial charge in [-0.05, 0) is 63.2 Å². The third-order valence-corrected chi connectivity index (χ3v) is 3.91. The van der Waals surface area contributed by atoms with E-state index in [9.17, 15) is 0 Å². The fourth-order valence-corrected chi connectivity index (χ4v) is 2.63. The predicted molar refractivity (Wildman–Crippen MR) is 77.9 cm³/mol. The summed E-state index contributed by atoms with van der Waals surface area (Å²) in [6.45, 7) is 7.87. The molecule has 1 aromatic carbocycles. The van der Waals surface area contributed by atoms with Gasteiger partial charge in [-0.2, -0.15) is 5.26 Å². The van der Waals surface area contributed by atoms with Crippen molar-refractivity contribution in [2.75, 3.05) is 33.2 Å². The van der Waals surface area contributed by atoms with E-state index < -0.39 is 0 Å². The van der Waals surface area contributed by atoms with Gasteiger partial charge in [0.15, 0.2) is 0 Å². The molecule has 0 spiro atoms. The number of benzene rings is 1. The highest BCUT2D eigenvalue weighted by Gasteiger charge is 2.12. The van der Waals surface area contributed by atoms with Crippen molar-refractivity contribution in [2.24, 2.45) is 0 Å². The quantitative estimate of drug-likeness (QED) is 0.811. The van der Waals surface area contributed by atoms with Gasteiger partial charge in [0.2, 0.25) is 0 Å². The topological polar surface area (TPSA) is 30.3 Å². The van der Waals surface area contributed by atoms with E-state index in [0.717, 1.165) is 18.7 Å². The molecule has 0 atom stereocenters. The highest BCUT2D eigenvalue weighted by atomic mass is 15.2. The summed E-state index contributed by atoms with van der Waals surface area (Å²) in [5, 5.41) is 8.87. The highest BCUT2D eigenvalue weighted by molar-refractivity contribution is 5.37. The number of likely N-dealkylation sites (N-methyl/N-ethyl adjacent to an activating group) is 1. The summed E-state index contributed by atoms with van der Waals surface area (Å²) >= 11 is 0. The van der Waals surface area contributed by atoms with E-state index in [-0.39, 0.29) is 0 Å². The third-order valence-electron chi connectivity index (χ3n) is 3.91. The monoisotopic (exact) mass is 257 g/mol. The molecule has 0 saturated carbocycles. The SMILES string of the molecule is Cc1cc(C#N)ccc1CN(C)CCN1CCCC1. The Labute approximate surface area is 116 Å². The number of hydrogen-bond acceptors (Lipinski definition) is 3. The minimum atomic E-state index is 0.751. The fourth-order valence-electron chi connectivity index (χ4n) is 2.63. The molecule has 1 heterocycles. The number of likely N-dealkylation sites (tertiary alicyclic amines) is 1. The van der Waals surface area contributed by atoms with Crippen LogP contribution in [0.4, 0.5) is 0 Å². The molecule has 1 saturated heterocycles. The van der Waals surface area contributed by atoms with Crippen molar-refractivity contribution in [3.05, 3.63) is 34.9 Å². The third kappa shape index (κ3) is 4.05. The lowest BCUT2D eigenvalue weighted by Gasteiger charge is -2.22. The van der Waals surface area contributed by atoms with Gasteiger partial charge in [0.1, 0.15) is 0 Å². The summed E-state index contributed by atoms with van der Waals surface area (Å²) in [4.78, 5) is 4.91. The Hall–Kier alpha value is -1.37. The smallest absolute Gasteiger partial charge is 0.0991 e. The lowest BCUT2D eigenvalue weighted by Crippen LogP contribution is -2.31. The van der Waals surface area contributed by atoms with E-state index in [1.807, 2.05) is 12.1 Å². The van der Waals surface area contributed by atoms with Crippen molar-refractivity contribution >= 4 is 0 Å². The molecule has 0 aromatic heterocycles. The van der Waals surface area contributed by atoms with Crippen LogP contribution in [-0.2, 0) is 6.54 Å². The van der Waals surface area contributed by atoms with Crippen LogP contribution >= 0.6 is 0 Å². The Morgan fingerprint density at radius 1 is 1.32 bits per heavy atom. The number of rotatable bonds is 5. The van der Waals surface area contributed by atoms with Crippen LogP contribution in [0.15, 0.2) is 18.2 Å². The van der Waals surface area contributed by atoms with E-state index in [0.29, 0.717) is 0 Å². The minimum absolute atomic E-state index is 0.751. The first-order valence-corrected chi connectivity index (χ1v) is 7.09. The van der Waals surface area contributed by atoms with E-state index in [1.165, 1.54) is 43.6 Å². The second kappa shape index (κ2) is 6.70. The molecule has 0 amide bonds. The van der Waals surface area contributed by atoms with Crippen molar-refractivity contribution in [2.45, 2.75) is 26.3 Å². The predicted octanol–water partition coefficient (Wildman–Crippen LogP) is 2.39. The van der Waals surface area contributed by atoms with Gasteiger partial charge in [0, 0.05) is 19.6 Å². The standard InChI is InChI=1S/C16H23N3/c1-14-11-15(12-17)5-6-16(14)13-18(2)9-10-19-7-3-4-8-19/h5-6,11H,3-4,7-10,13H2,1-2H3. The van der Waals surface area contributed by atoms with E-state index >= 15 is 0 Å². The molecule has 2 rings (SSSR count). The highest BCUT2D eigenvalue weighted by Crippen LogP contribution is 2.13. The van der Waals surface area contributed by atoms with Crippen LogP contribution in [0.3, 0.4) is 0 Å². The fraction of sp³-hybridized carbons (Fsp3) is 0.562. The van der Waals surface area contributed by atoms with Gasteiger partial charge in [-0.1, -0.05) is 6.07 Å². The first-order chi connectivity index (χ1) is 9.19. The Balaban J connectivity index is 1.84. The molecule has 1 aliphatic rings. The number of nitrogens with zero attached hydrogens (tertiary/aromatic N) is 3. The first kappa shape index (κ1) is 14.0. The van der Waals surface area contributed by atoms with Crippen molar-refractivity contribution < 1.29 is 0 Å². The lowest BCUT2D eigenvalue weighted by molar-refractivity contribution is 0.252. The molecular weight excluding hydrogens is 234 g/mol. The van der Waals surface area contributed by atoms with Crippen LogP contribution in [0, 0.1) is 18.3 Å². The van der Waals surface area contributed by atoms with Gasteiger partial charge >= 0.3 is 0 Å². The van der Waals surface area contributed by atoms with E-state index in [1.54, 1.807) is 0 Å². The molecule has 102 valence electrons. The molecule has 3 heteroatoms. The summed E-state index contributed by atoms with van der Waals surface area (Å²) in [5.41, 5.74) is 3.29. The van der Waals surface area contributed by atoms with Crippen LogP contribution < -0.4 is 0 Å². The second-order valence-electron chi connectivity index (χ2n) is 5.54. The number of nitriles is 1. The zero-order chi connectivity index (χ0) is 13.7. The Kier molecular flexibility index (Phi) is 4.95. The molecule has 1 aliphatic heterocycles. The Bertz CT molecular complexity index is 456. The summed E-state index contributed by atoms with van der Waals surface area (Å²) in [5.74, 6) is 0. The van der Waals surface area contributed by atoms with E-state index in [2.05, 4.69) is 35.9 Å². The Morgan fingerprint density at radius 3 is 2.68 bits per heavy atom. The molecule has 0 unspecified atom stereocenters.